The van der Waals surface area contributed by atoms with Crippen LogP contribution in [0.1, 0.15) is 43.7 Å². The summed E-state index contributed by atoms with van der Waals surface area (Å²) in [6, 6.07) is 8.01. The van der Waals surface area contributed by atoms with Crippen LogP contribution in [-0.4, -0.2) is 71.7 Å². The van der Waals surface area contributed by atoms with Crippen LogP contribution in [0.3, 0.4) is 0 Å². The van der Waals surface area contributed by atoms with Crippen LogP contribution in [0.25, 0.3) is 31.8 Å². The Hall–Kier alpha value is -2.29. The molecule has 0 aliphatic rings. The van der Waals surface area contributed by atoms with Gasteiger partial charge in [-0.25, -0.2) is 9.97 Å². The van der Waals surface area contributed by atoms with Crippen LogP contribution in [0.15, 0.2) is 30.5 Å². The predicted molar refractivity (Wildman–Crippen MR) is 162 cm³/mol. The Morgan fingerprint density at radius 1 is 0.972 bits per heavy atom. The van der Waals surface area contributed by atoms with Crippen molar-refractivity contribution >= 4 is 71.8 Å². The van der Waals surface area contributed by atoms with Crippen molar-refractivity contribution in [3.63, 3.8) is 0 Å². The Balaban J connectivity index is 1.89. The van der Waals surface area contributed by atoms with Crippen molar-refractivity contribution in [1.29, 1.82) is 0 Å². The number of fused-ring (bicyclic) bond motifs is 2. The van der Waals surface area contributed by atoms with E-state index in [9.17, 15) is 5.11 Å². The Bertz CT molecular complexity index is 1450. The molecule has 182 valence electrons. The molecule has 36 heavy (non-hydrogen) atoms. The fourth-order valence-electron chi connectivity index (χ4n) is 4.47. The fraction of sp³-hybridized carbons (Fsp3) is 0.375. The lowest BCUT2D eigenvalue weighted by Gasteiger charge is -2.34. The Labute approximate surface area is 221 Å². The SMILES string of the molecule is BC(B)(B)OC(B)(B)c1cnc2c(-c3nc4c(C(O)C(C)(C)C)cc(OC)cc4s3)cc(C)cc2n1. The molecule has 0 amide bonds. The molecule has 1 atom stereocenters. The van der Waals surface area contributed by atoms with Crippen molar-refractivity contribution in [3.8, 4) is 16.3 Å². The van der Waals surface area contributed by atoms with E-state index in [2.05, 4.69) is 13.0 Å². The van der Waals surface area contributed by atoms with E-state index in [0.29, 0.717) is 5.75 Å². The third-order valence-electron chi connectivity index (χ3n) is 6.05. The number of ether oxygens (including phenoxy) is 2. The summed E-state index contributed by atoms with van der Waals surface area (Å²) in [5.41, 5.74) is 5.59. The minimum atomic E-state index is -0.688. The molecule has 6 nitrogen and oxygen atoms in total. The zero-order valence-electron chi connectivity index (χ0n) is 23.0. The molecule has 1 unspecified atom stereocenters. The quantitative estimate of drug-likeness (QED) is 0.385. The van der Waals surface area contributed by atoms with E-state index in [-0.39, 0.29) is 10.7 Å². The van der Waals surface area contributed by atoms with Gasteiger partial charge in [0.1, 0.15) is 50.0 Å². The first-order valence-electron chi connectivity index (χ1n) is 12.2. The van der Waals surface area contributed by atoms with Crippen molar-refractivity contribution in [2.24, 2.45) is 5.41 Å². The Morgan fingerprint density at radius 3 is 2.28 bits per heavy atom. The lowest BCUT2D eigenvalue weighted by molar-refractivity contribution is 0.0636. The molecule has 0 fully saturated rings. The highest BCUT2D eigenvalue weighted by molar-refractivity contribution is 7.21. The number of rotatable bonds is 6. The molecule has 0 radical (unpaired) electrons. The third kappa shape index (κ3) is 5.36. The van der Waals surface area contributed by atoms with E-state index < -0.39 is 11.5 Å². The molecule has 2 heterocycles. The molecule has 4 aromatic rings. The van der Waals surface area contributed by atoms with Crippen LogP contribution in [0.5, 0.6) is 5.75 Å². The summed E-state index contributed by atoms with van der Waals surface area (Å²) >= 11 is 1.57. The van der Waals surface area contributed by atoms with Gasteiger partial charge in [-0.15, -0.1) is 11.3 Å². The first kappa shape index (κ1) is 26.8. The number of aliphatic hydroxyl groups is 1. The van der Waals surface area contributed by atoms with Gasteiger partial charge in [-0.2, -0.15) is 0 Å². The van der Waals surface area contributed by atoms with Crippen LogP contribution in [-0.2, 0) is 10.1 Å². The molecule has 12 heteroatoms. The standard InChI is InChI=1S/C24H32B5N3O3S/c1-11-6-14(18-15(7-11)31-17(10-30-18)23(25,26)35-24(27,28)29)21-32-19-13(20(33)22(2,3)4)8-12(34-5)9-16(19)36-21/h6-10,20,33H,25-29H2,1-5H3. The molecular formula is C24H32B5N3O3S. The average molecular weight is 497 g/mol. The molecule has 0 saturated heterocycles. The maximum atomic E-state index is 11.1. The Morgan fingerprint density at radius 2 is 1.67 bits per heavy atom. The smallest absolute Gasteiger partial charge is 0.139 e. The first-order chi connectivity index (χ1) is 16.6. The van der Waals surface area contributed by atoms with Crippen LogP contribution in [0.2, 0.25) is 0 Å². The second-order valence-corrected chi connectivity index (χ2v) is 13.0. The van der Waals surface area contributed by atoms with E-state index in [0.717, 1.165) is 48.6 Å². The third-order valence-corrected chi connectivity index (χ3v) is 7.08. The highest BCUT2D eigenvalue weighted by Crippen LogP contribution is 2.42. The number of aliphatic hydroxyl groups excluding tert-OH is 1. The number of benzene rings is 2. The van der Waals surface area contributed by atoms with Crippen molar-refractivity contribution in [2.75, 3.05) is 7.11 Å². The number of nitrogens with zero attached hydrogens (tertiary/aromatic N) is 3. The van der Waals surface area contributed by atoms with Crippen LogP contribution >= 0.6 is 11.3 Å². The minimum absolute atomic E-state index is 0.310. The van der Waals surface area contributed by atoms with Gasteiger partial charge in [0.25, 0.3) is 0 Å². The number of methoxy groups -OCH3 is 1. The molecule has 0 aliphatic heterocycles. The molecule has 0 bridgehead atoms. The number of aryl methyl sites for hydroxylation is 1. The van der Waals surface area contributed by atoms with Crippen molar-refractivity contribution in [2.45, 2.75) is 44.5 Å². The zero-order valence-corrected chi connectivity index (χ0v) is 23.8. The van der Waals surface area contributed by atoms with Gasteiger partial charge in [0, 0.05) is 16.5 Å². The van der Waals surface area contributed by atoms with Crippen molar-refractivity contribution in [1.82, 2.24) is 15.0 Å². The van der Waals surface area contributed by atoms with Gasteiger partial charge in [0.05, 0.1) is 46.4 Å². The molecule has 0 aliphatic carbocycles. The number of thiazole rings is 1. The molecule has 0 spiro atoms. The van der Waals surface area contributed by atoms with Gasteiger partial charge in [0.15, 0.2) is 0 Å². The lowest BCUT2D eigenvalue weighted by atomic mass is 9.50. The number of hydrogen-bond donors (Lipinski definition) is 1. The average Bonchev–Trinajstić information content (AvgIpc) is 3.18. The molecule has 2 aromatic heterocycles. The fourth-order valence-corrected chi connectivity index (χ4v) is 5.52. The van der Waals surface area contributed by atoms with E-state index in [1.54, 1.807) is 24.6 Å². The monoisotopic (exact) mass is 497 g/mol. The number of hydrogen-bond acceptors (Lipinski definition) is 7. The van der Waals surface area contributed by atoms with Gasteiger partial charge < -0.3 is 14.6 Å². The van der Waals surface area contributed by atoms with E-state index >= 15 is 0 Å². The van der Waals surface area contributed by atoms with Gasteiger partial charge in [-0.1, -0.05) is 20.8 Å². The molecule has 0 saturated carbocycles. The zero-order chi connectivity index (χ0) is 26.6. The van der Waals surface area contributed by atoms with E-state index in [1.165, 1.54) is 0 Å². The maximum Gasteiger partial charge on any atom is 0.139 e. The summed E-state index contributed by atoms with van der Waals surface area (Å²) in [5, 5.41) is 11.1. The number of aromatic nitrogens is 3. The summed E-state index contributed by atoms with van der Waals surface area (Å²) in [6.45, 7) is 8.10. The van der Waals surface area contributed by atoms with Gasteiger partial charge in [-0.05, 0) is 47.5 Å². The van der Waals surface area contributed by atoms with E-state index in [1.807, 2.05) is 78.2 Å². The van der Waals surface area contributed by atoms with Crippen LogP contribution in [0.4, 0.5) is 0 Å². The van der Waals surface area contributed by atoms with Crippen molar-refractivity contribution in [3.05, 3.63) is 47.3 Å². The molecule has 1 N–H and O–H groups in total. The predicted octanol–water partition coefficient (Wildman–Crippen LogP) is 0.207. The molecular weight excluding hydrogens is 464 g/mol. The first-order valence-corrected chi connectivity index (χ1v) is 13.1. The summed E-state index contributed by atoms with van der Waals surface area (Å²) in [4.78, 5) is 14.8. The maximum absolute atomic E-state index is 11.1. The van der Waals surface area contributed by atoms with Gasteiger partial charge >= 0.3 is 0 Å². The van der Waals surface area contributed by atoms with Crippen LogP contribution < -0.4 is 4.74 Å². The topological polar surface area (TPSA) is 77.4 Å². The summed E-state index contributed by atoms with van der Waals surface area (Å²) in [6.07, 6.45) is 1.12. The highest BCUT2D eigenvalue weighted by atomic mass is 32.1. The summed E-state index contributed by atoms with van der Waals surface area (Å²) < 4.78 is 12.8. The highest BCUT2D eigenvalue weighted by Gasteiger charge is 2.30. The lowest BCUT2D eigenvalue weighted by Crippen LogP contribution is -2.45. The normalized spacial score (nSPS) is 13.8. The second-order valence-electron chi connectivity index (χ2n) is 12.0. The molecule has 4 rings (SSSR count). The van der Waals surface area contributed by atoms with Crippen molar-refractivity contribution < 1.29 is 14.6 Å². The van der Waals surface area contributed by atoms with Gasteiger partial charge in [-0.3, -0.25) is 4.98 Å². The largest absolute Gasteiger partial charge is 0.497 e. The summed E-state index contributed by atoms with van der Waals surface area (Å²) in [5.74, 6) is 0.704. The second kappa shape index (κ2) is 9.23. The summed E-state index contributed by atoms with van der Waals surface area (Å²) in [7, 11) is 11.8. The minimum Gasteiger partial charge on any atom is -0.497 e. The van der Waals surface area contributed by atoms with Gasteiger partial charge in [0.2, 0.25) is 0 Å². The molecule has 2 aromatic carbocycles. The van der Waals surface area contributed by atoms with Crippen LogP contribution in [0, 0.1) is 12.3 Å². The Kier molecular flexibility index (Phi) is 6.86. The van der Waals surface area contributed by atoms with E-state index in [4.69, 9.17) is 24.4 Å².